The lowest BCUT2D eigenvalue weighted by Gasteiger charge is -2.30. The molecule has 1 aromatic rings. The summed E-state index contributed by atoms with van der Waals surface area (Å²) in [5.41, 5.74) is 0. The van der Waals surface area contributed by atoms with Gasteiger partial charge in [0.15, 0.2) is 0 Å². The first-order valence-electron chi connectivity index (χ1n) is 7.81. The van der Waals surface area contributed by atoms with Crippen LogP contribution in [-0.4, -0.2) is 19.2 Å². The number of para-hydroxylation sites is 1. The van der Waals surface area contributed by atoms with Crippen molar-refractivity contribution in [1.82, 2.24) is 5.32 Å². The zero-order valence-corrected chi connectivity index (χ0v) is 12.1. The van der Waals surface area contributed by atoms with Gasteiger partial charge in [-0.15, -0.1) is 0 Å². The molecule has 0 aliphatic heterocycles. The Hall–Kier alpha value is -1.02. The van der Waals surface area contributed by atoms with Gasteiger partial charge < -0.3 is 10.1 Å². The molecule has 1 saturated carbocycles. The van der Waals surface area contributed by atoms with Crippen LogP contribution in [0.2, 0.25) is 0 Å². The van der Waals surface area contributed by atoms with Crippen LogP contribution in [0, 0.1) is 5.92 Å². The fraction of sp³-hybridized carbons (Fsp3) is 0.647. The summed E-state index contributed by atoms with van der Waals surface area (Å²) in [5.74, 6) is 1.84. The minimum absolute atomic E-state index is 0.633. The lowest BCUT2D eigenvalue weighted by Crippen LogP contribution is -2.38. The van der Waals surface area contributed by atoms with E-state index in [0.717, 1.165) is 31.2 Å². The van der Waals surface area contributed by atoms with E-state index >= 15 is 0 Å². The number of benzene rings is 1. The number of ether oxygens (including phenoxy) is 1. The maximum atomic E-state index is 5.83. The maximum Gasteiger partial charge on any atom is 0.119 e. The summed E-state index contributed by atoms with van der Waals surface area (Å²) in [6.45, 7) is 4.08. The Bertz CT molecular complexity index is 332. The molecular formula is C17H27NO. The molecule has 0 radical (unpaired) electrons. The topological polar surface area (TPSA) is 21.3 Å². The van der Waals surface area contributed by atoms with Crippen molar-refractivity contribution in [1.29, 1.82) is 0 Å². The van der Waals surface area contributed by atoms with Gasteiger partial charge in [0.25, 0.3) is 0 Å². The molecule has 1 unspecified atom stereocenters. The summed E-state index contributed by atoms with van der Waals surface area (Å²) in [6.07, 6.45) is 8.15. The molecule has 0 bridgehead atoms. The molecule has 0 amide bonds. The van der Waals surface area contributed by atoms with Crippen LogP contribution in [0.15, 0.2) is 30.3 Å². The summed E-state index contributed by atoms with van der Waals surface area (Å²) >= 11 is 0. The summed E-state index contributed by atoms with van der Waals surface area (Å²) in [4.78, 5) is 0. The average molecular weight is 261 g/mol. The van der Waals surface area contributed by atoms with Crippen molar-refractivity contribution in [2.24, 2.45) is 5.92 Å². The van der Waals surface area contributed by atoms with Gasteiger partial charge >= 0.3 is 0 Å². The van der Waals surface area contributed by atoms with Crippen molar-refractivity contribution in [3.63, 3.8) is 0 Å². The van der Waals surface area contributed by atoms with Gasteiger partial charge in [0.1, 0.15) is 5.75 Å². The standard InChI is InChI=1S/C17H27NO/c1-2-18-17(15-9-5-3-6-10-15)13-14-19-16-11-7-4-8-12-16/h4,7-8,11-12,15,17-18H,2-3,5-6,9-10,13-14H2,1H3. The molecule has 1 aromatic carbocycles. The highest BCUT2D eigenvalue weighted by atomic mass is 16.5. The van der Waals surface area contributed by atoms with Gasteiger partial charge in [-0.2, -0.15) is 0 Å². The van der Waals surface area contributed by atoms with Crippen LogP contribution in [0.3, 0.4) is 0 Å². The minimum Gasteiger partial charge on any atom is -0.494 e. The Morgan fingerprint density at radius 1 is 1.16 bits per heavy atom. The lowest BCUT2D eigenvalue weighted by molar-refractivity contribution is 0.219. The summed E-state index contributed by atoms with van der Waals surface area (Å²) in [7, 11) is 0. The van der Waals surface area contributed by atoms with Crippen molar-refractivity contribution >= 4 is 0 Å². The molecule has 1 atom stereocenters. The van der Waals surface area contributed by atoms with Gasteiger partial charge in [0, 0.05) is 6.04 Å². The predicted molar refractivity (Wildman–Crippen MR) is 80.6 cm³/mol. The van der Waals surface area contributed by atoms with E-state index in [-0.39, 0.29) is 0 Å². The number of hydrogen-bond donors (Lipinski definition) is 1. The van der Waals surface area contributed by atoms with Gasteiger partial charge in [0.05, 0.1) is 6.61 Å². The summed E-state index contributed by atoms with van der Waals surface area (Å²) < 4.78 is 5.83. The van der Waals surface area contributed by atoms with E-state index in [4.69, 9.17) is 4.74 Å². The molecule has 1 aliphatic carbocycles. The molecule has 0 spiro atoms. The van der Waals surface area contributed by atoms with Crippen molar-refractivity contribution in [3.05, 3.63) is 30.3 Å². The number of hydrogen-bond acceptors (Lipinski definition) is 2. The van der Waals surface area contributed by atoms with Crippen LogP contribution in [0.4, 0.5) is 0 Å². The largest absolute Gasteiger partial charge is 0.494 e. The molecule has 0 saturated heterocycles. The highest BCUT2D eigenvalue weighted by Gasteiger charge is 2.22. The van der Waals surface area contributed by atoms with Crippen molar-refractivity contribution in [3.8, 4) is 5.75 Å². The smallest absolute Gasteiger partial charge is 0.119 e. The monoisotopic (exact) mass is 261 g/mol. The molecule has 0 heterocycles. The van der Waals surface area contributed by atoms with E-state index in [1.807, 2.05) is 30.3 Å². The zero-order valence-electron chi connectivity index (χ0n) is 12.1. The third-order valence-corrected chi connectivity index (χ3v) is 4.13. The van der Waals surface area contributed by atoms with E-state index in [9.17, 15) is 0 Å². The molecule has 106 valence electrons. The second-order valence-corrected chi connectivity index (χ2v) is 5.51. The Kier molecular flexibility index (Phi) is 6.22. The molecule has 19 heavy (non-hydrogen) atoms. The molecule has 1 fully saturated rings. The zero-order chi connectivity index (χ0) is 13.3. The van der Waals surface area contributed by atoms with Crippen LogP contribution < -0.4 is 10.1 Å². The number of rotatable bonds is 7. The number of nitrogens with one attached hydrogen (secondary N) is 1. The Balaban J connectivity index is 1.76. The van der Waals surface area contributed by atoms with Gasteiger partial charge in [-0.05, 0) is 43.9 Å². The molecule has 2 heteroatoms. The third-order valence-electron chi connectivity index (χ3n) is 4.13. The second-order valence-electron chi connectivity index (χ2n) is 5.51. The van der Waals surface area contributed by atoms with Crippen LogP contribution in [0.1, 0.15) is 45.4 Å². The SMILES string of the molecule is CCNC(CCOc1ccccc1)C1CCCCC1. The van der Waals surface area contributed by atoms with Crippen LogP contribution >= 0.6 is 0 Å². The Morgan fingerprint density at radius 3 is 2.58 bits per heavy atom. The molecule has 1 aliphatic rings. The molecular weight excluding hydrogens is 234 g/mol. The van der Waals surface area contributed by atoms with Gasteiger partial charge in [-0.25, -0.2) is 0 Å². The lowest BCUT2D eigenvalue weighted by atomic mass is 9.83. The summed E-state index contributed by atoms with van der Waals surface area (Å²) in [5, 5.41) is 3.66. The van der Waals surface area contributed by atoms with Gasteiger partial charge in [-0.1, -0.05) is 44.4 Å². The van der Waals surface area contributed by atoms with Crippen LogP contribution in [0.5, 0.6) is 5.75 Å². The van der Waals surface area contributed by atoms with Gasteiger partial charge in [0.2, 0.25) is 0 Å². The quantitative estimate of drug-likeness (QED) is 0.800. The molecule has 1 N–H and O–H groups in total. The van der Waals surface area contributed by atoms with E-state index in [2.05, 4.69) is 12.2 Å². The highest BCUT2D eigenvalue weighted by molar-refractivity contribution is 5.20. The first-order chi connectivity index (χ1) is 9.40. The molecule has 0 aromatic heterocycles. The van der Waals surface area contributed by atoms with Crippen molar-refractivity contribution < 1.29 is 4.74 Å². The van der Waals surface area contributed by atoms with Crippen LogP contribution in [0.25, 0.3) is 0 Å². The second kappa shape index (κ2) is 8.21. The molecule has 2 rings (SSSR count). The normalized spacial score (nSPS) is 18.2. The third kappa shape index (κ3) is 4.87. The minimum atomic E-state index is 0.633. The van der Waals surface area contributed by atoms with Crippen LogP contribution in [-0.2, 0) is 0 Å². The molecule has 2 nitrogen and oxygen atoms in total. The fourth-order valence-corrected chi connectivity index (χ4v) is 3.12. The Labute approximate surface area is 117 Å². The van der Waals surface area contributed by atoms with Crippen molar-refractivity contribution in [2.45, 2.75) is 51.5 Å². The van der Waals surface area contributed by atoms with E-state index in [1.54, 1.807) is 0 Å². The average Bonchev–Trinajstić information content (AvgIpc) is 2.48. The Morgan fingerprint density at radius 2 is 1.89 bits per heavy atom. The fourth-order valence-electron chi connectivity index (χ4n) is 3.12. The first-order valence-corrected chi connectivity index (χ1v) is 7.81. The highest BCUT2D eigenvalue weighted by Crippen LogP contribution is 2.27. The predicted octanol–water partition coefficient (Wildman–Crippen LogP) is 4.01. The van der Waals surface area contributed by atoms with Crippen molar-refractivity contribution in [2.75, 3.05) is 13.2 Å². The van der Waals surface area contributed by atoms with E-state index in [0.29, 0.717) is 6.04 Å². The first kappa shape index (κ1) is 14.4. The maximum absolute atomic E-state index is 5.83. The summed E-state index contributed by atoms with van der Waals surface area (Å²) in [6, 6.07) is 10.8. The van der Waals surface area contributed by atoms with E-state index in [1.165, 1.54) is 32.1 Å². The van der Waals surface area contributed by atoms with E-state index < -0.39 is 0 Å². The van der Waals surface area contributed by atoms with Gasteiger partial charge in [-0.3, -0.25) is 0 Å².